The predicted octanol–water partition coefficient (Wildman–Crippen LogP) is 2.30. The molecule has 0 bridgehead atoms. The van der Waals surface area contributed by atoms with Gasteiger partial charge in [-0.05, 0) is 42.9 Å². The Morgan fingerprint density at radius 2 is 1.83 bits per heavy atom. The molecule has 0 aliphatic carbocycles. The summed E-state index contributed by atoms with van der Waals surface area (Å²) in [5.41, 5.74) is 0.528. The molecule has 12 heteroatoms. The zero-order chi connectivity index (χ0) is 22.1. The number of unbranched alkanes of at least 4 members (excludes halogenated alkanes) is 1. The summed E-state index contributed by atoms with van der Waals surface area (Å²) in [6.45, 7) is 1.99. The number of anilines is 2. The number of methoxy groups -OCH3 is 2. The van der Waals surface area contributed by atoms with Gasteiger partial charge in [-0.25, -0.2) is 8.42 Å². The van der Waals surface area contributed by atoms with Crippen LogP contribution in [0.25, 0.3) is 0 Å². The molecule has 0 aliphatic heterocycles. The summed E-state index contributed by atoms with van der Waals surface area (Å²) < 4.78 is 37.5. The van der Waals surface area contributed by atoms with Gasteiger partial charge in [-0.3, -0.25) is 9.52 Å². The molecule has 2 rings (SSSR count). The summed E-state index contributed by atoms with van der Waals surface area (Å²) >= 11 is 5.09. The molecule has 1 aromatic heterocycles. The number of hydrogen-bond acceptors (Lipinski definition) is 8. The predicted molar refractivity (Wildman–Crippen MR) is 116 cm³/mol. The Morgan fingerprint density at radius 3 is 2.43 bits per heavy atom. The van der Waals surface area contributed by atoms with Crippen LogP contribution in [0.3, 0.4) is 0 Å². The number of aromatic nitrogens is 2. The maximum Gasteiger partial charge on any atom is 0.321 e. The minimum Gasteiger partial charge on any atom is -0.481 e. The first-order valence-corrected chi connectivity index (χ1v) is 10.9. The molecule has 0 spiro atoms. The van der Waals surface area contributed by atoms with Gasteiger partial charge in [-0.1, -0.05) is 13.3 Å². The van der Waals surface area contributed by atoms with Crippen LogP contribution in [0.5, 0.6) is 11.9 Å². The normalized spacial score (nSPS) is 10.8. The maximum absolute atomic E-state index is 12.6. The van der Waals surface area contributed by atoms with Crippen LogP contribution < -0.4 is 24.8 Å². The van der Waals surface area contributed by atoms with E-state index in [0.29, 0.717) is 12.1 Å². The second-order valence-corrected chi connectivity index (χ2v) is 8.11. The first kappa shape index (κ1) is 23.3. The van der Waals surface area contributed by atoms with E-state index >= 15 is 0 Å². The Kier molecular flexibility index (Phi) is 8.30. The lowest BCUT2D eigenvalue weighted by Crippen LogP contribution is -2.33. The monoisotopic (exact) mass is 453 g/mol. The minimum atomic E-state index is -3.92. The van der Waals surface area contributed by atoms with E-state index in [2.05, 4.69) is 25.3 Å². The van der Waals surface area contributed by atoms with Gasteiger partial charge in [0.1, 0.15) is 0 Å². The first-order valence-electron chi connectivity index (χ1n) is 8.98. The number of benzene rings is 1. The van der Waals surface area contributed by atoms with Gasteiger partial charge in [0.2, 0.25) is 11.8 Å². The van der Waals surface area contributed by atoms with Crippen molar-refractivity contribution in [3.05, 3.63) is 30.3 Å². The molecule has 2 aromatic rings. The Balaban J connectivity index is 2.06. The molecule has 10 nitrogen and oxygen atoms in total. The quantitative estimate of drug-likeness (QED) is 0.489. The number of nitrogens with zero attached hydrogens (tertiary/aromatic N) is 2. The van der Waals surface area contributed by atoms with Crippen LogP contribution in [-0.4, -0.2) is 43.6 Å². The summed E-state index contributed by atoms with van der Waals surface area (Å²) in [4.78, 5) is 19.6. The highest BCUT2D eigenvalue weighted by molar-refractivity contribution is 7.92. The average molecular weight is 454 g/mol. The average Bonchev–Trinajstić information content (AvgIpc) is 2.71. The second kappa shape index (κ2) is 10.7. The largest absolute Gasteiger partial charge is 0.481 e. The Bertz CT molecular complexity index is 974. The third-order valence-electron chi connectivity index (χ3n) is 3.75. The fraction of sp³-hybridized carbons (Fsp3) is 0.333. The molecule has 0 radical (unpaired) electrons. The van der Waals surface area contributed by atoms with Crippen LogP contribution in [0.15, 0.2) is 35.2 Å². The van der Waals surface area contributed by atoms with Gasteiger partial charge in [0.15, 0.2) is 10.9 Å². The lowest BCUT2D eigenvalue weighted by molar-refractivity contribution is -0.119. The lowest BCUT2D eigenvalue weighted by Gasteiger charge is -2.11. The van der Waals surface area contributed by atoms with Crippen molar-refractivity contribution >= 4 is 44.8 Å². The van der Waals surface area contributed by atoms with Gasteiger partial charge in [0.05, 0.1) is 19.1 Å². The maximum atomic E-state index is 12.6. The van der Waals surface area contributed by atoms with Crippen molar-refractivity contribution in [3.8, 4) is 11.9 Å². The number of nitrogens with one attached hydrogen (secondary N) is 3. The molecule has 162 valence electrons. The highest BCUT2D eigenvalue weighted by Gasteiger charge is 2.17. The Labute approximate surface area is 180 Å². The zero-order valence-electron chi connectivity index (χ0n) is 16.8. The number of rotatable bonds is 9. The van der Waals surface area contributed by atoms with Crippen molar-refractivity contribution < 1.29 is 22.7 Å². The number of amides is 1. The number of thiocarbonyl (C=S) groups is 1. The van der Waals surface area contributed by atoms with Crippen LogP contribution >= 0.6 is 12.2 Å². The molecule has 1 amide bonds. The number of hydrogen-bond donors (Lipinski definition) is 3. The Morgan fingerprint density at radius 1 is 1.13 bits per heavy atom. The third-order valence-corrected chi connectivity index (χ3v) is 5.32. The SMILES string of the molecule is CCCCC(=O)NC(=S)Nc1ccc(S(=O)(=O)Nc2cc(OC)nc(OC)n2)cc1. The van der Waals surface area contributed by atoms with Crippen molar-refractivity contribution in [3.63, 3.8) is 0 Å². The van der Waals surface area contributed by atoms with Crippen LogP contribution in [0, 0.1) is 0 Å². The van der Waals surface area contributed by atoms with Crippen molar-refractivity contribution in [2.45, 2.75) is 31.1 Å². The summed E-state index contributed by atoms with van der Waals surface area (Å²) in [7, 11) is -1.17. The van der Waals surface area contributed by atoms with E-state index in [9.17, 15) is 13.2 Å². The topological polar surface area (TPSA) is 132 Å². The van der Waals surface area contributed by atoms with Gasteiger partial charge >= 0.3 is 6.01 Å². The van der Waals surface area contributed by atoms with Gasteiger partial charge in [-0.15, -0.1) is 0 Å². The van der Waals surface area contributed by atoms with Gasteiger partial charge in [0.25, 0.3) is 10.0 Å². The first-order chi connectivity index (χ1) is 14.3. The van der Waals surface area contributed by atoms with E-state index in [1.807, 2.05) is 6.92 Å². The van der Waals surface area contributed by atoms with E-state index in [-0.39, 0.29) is 33.6 Å². The summed E-state index contributed by atoms with van der Waals surface area (Å²) in [5.74, 6) is -0.0288. The molecule has 0 saturated heterocycles. The molecular weight excluding hydrogens is 430 g/mol. The number of carbonyl (C=O) groups excluding carboxylic acids is 1. The van der Waals surface area contributed by atoms with Gasteiger partial charge in [0, 0.05) is 18.2 Å². The Hall–Kier alpha value is -2.99. The van der Waals surface area contributed by atoms with Gasteiger partial charge < -0.3 is 20.1 Å². The molecule has 30 heavy (non-hydrogen) atoms. The molecule has 0 saturated carbocycles. The summed E-state index contributed by atoms with van der Waals surface area (Å²) in [5, 5.41) is 5.56. The zero-order valence-corrected chi connectivity index (χ0v) is 18.4. The van der Waals surface area contributed by atoms with E-state index in [4.69, 9.17) is 21.7 Å². The second-order valence-electron chi connectivity index (χ2n) is 6.02. The van der Waals surface area contributed by atoms with Crippen molar-refractivity contribution in [1.29, 1.82) is 0 Å². The smallest absolute Gasteiger partial charge is 0.321 e. The van der Waals surface area contributed by atoms with Gasteiger partial charge in [-0.2, -0.15) is 9.97 Å². The number of ether oxygens (including phenoxy) is 2. The summed E-state index contributed by atoms with van der Waals surface area (Å²) in [6, 6.07) is 7.13. The van der Waals surface area contributed by atoms with E-state index < -0.39 is 10.0 Å². The molecule has 0 atom stereocenters. The van der Waals surface area contributed by atoms with Crippen LogP contribution in [0.2, 0.25) is 0 Å². The highest BCUT2D eigenvalue weighted by Crippen LogP contribution is 2.21. The van der Waals surface area contributed by atoms with E-state index in [1.165, 1.54) is 44.6 Å². The van der Waals surface area contributed by atoms with Crippen molar-refractivity contribution in [2.24, 2.45) is 0 Å². The lowest BCUT2D eigenvalue weighted by atomic mass is 10.2. The molecule has 1 aromatic carbocycles. The number of sulfonamides is 1. The highest BCUT2D eigenvalue weighted by atomic mass is 32.2. The number of carbonyl (C=O) groups is 1. The third kappa shape index (κ3) is 6.81. The standard InChI is InChI=1S/C18H23N5O5S2/c1-4-5-6-15(24)21-18(29)19-12-7-9-13(10-8-12)30(25,26)23-14-11-16(27-2)22-17(20-14)28-3/h7-11H,4-6H2,1-3H3,(H,20,22,23)(H2,19,21,24,29). The van der Waals surface area contributed by atoms with E-state index in [1.54, 1.807) is 0 Å². The fourth-order valence-corrected chi connectivity index (χ4v) is 3.48. The molecule has 1 heterocycles. The van der Waals surface area contributed by atoms with Crippen LogP contribution in [0.1, 0.15) is 26.2 Å². The molecule has 0 fully saturated rings. The fourth-order valence-electron chi connectivity index (χ4n) is 2.25. The molecule has 0 aliphatic rings. The van der Waals surface area contributed by atoms with Crippen LogP contribution in [0.4, 0.5) is 11.5 Å². The summed E-state index contributed by atoms with van der Waals surface area (Å²) in [6.07, 6.45) is 2.07. The molecule has 0 unspecified atom stereocenters. The van der Waals surface area contributed by atoms with Crippen LogP contribution in [-0.2, 0) is 14.8 Å². The molecular formula is C18H23N5O5S2. The van der Waals surface area contributed by atoms with Crippen molar-refractivity contribution in [2.75, 3.05) is 24.3 Å². The molecule has 3 N–H and O–H groups in total. The van der Waals surface area contributed by atoms with Crippen molar-refractivity contribution in [1.82, 2.24) is 15.3 Å². The minimum absolute atomic E-state index is 0.00231. The van der Waals surface area contributed by atoms with E-state index in [0.717, 1.165) is 12.8 Å².